The van der Waals surface area contributed by atoms with E-state index in [2.05, 4.69) is 57.4 Å². The lowest BCUT2D eigenvalue weighted by Gasteiger charge is -2.23. The minimum absolute atomic E-state index is 1.20. The molecule has 0 bridgehead atoms. The molecule has 0 N–H and O–H groups in total. The molecule has 84 valence electrons. The smallest absolute Gasteiger partial charge is 0.0794 e. The standard InChI is InChI=1S/C13H22SSi/c1-5-6-8-11-9-7-10-12(14)13(11)15(2,3)4/h7,9-10,14H,5-6,8H2,1-4H3. The highest BCUT2D eigenvalue weighted by Gasteiger charge is 2.21. The summed E-state index contributed by atoms with van der Waals surface area (Å²) < 4.78 is 0. The molecule has 2 heteroatoms. The fraction of sp³-hybridized carbons (Fsp3) is 0.538. The van der Waals surface area contributed by atoms with Crippen molar-refractivity contribution in [2.24, 2.45) is 0 Å². The molecular weight excluding hydrogens is 216 g/mol. The van der Waals surface area contributed by atoms with Crippen molar-refractivity contribution in [1.82, 2.24) is 0 Å². The van der Waals surface area contributed by atoms with Gasteiger partial charge in [-0.2, -0.15) is 0 Å². The van der Waals surface area contributed by atoms with Crippen LogP contribution < -0.4 is 5.19 Å². The van der Waals surface area contributed by atoms with Crippen molar-refractivity contribution in [2.75, 3.05) is 0 Å². The Labute approximate surface area is 101 Å². The van der Waals surface area contributed by atoms with Crippen molar-refractivity contribution in [3.63, 3.8) is 0 Å². The van der Waals surface area contributed by atoms with Gasteiger partial charge in [0.15, 0.2) is 0 Å². The summed E-state index contributed by atoms with van der Waals surface area (Å²) in [5, 5.41) is 1.56. The first kappa shape index (κ1) is 12.9. The van der Waals surface area contributed by atoms with Crippen LogP contribution in [-0.4, -0.2) is 8.07 Å². The molecule has 0 amide bonds. The molecular formula is C13H22SSi. The molecule has 0 unspecified atom stereocenters. The first-order valence-electron chi connectivity index (χ1n) is 5.78. The topological polar surface area (TPSA) is 0 Å². The lowest BCUT2D eigenvalue weighted by atomic mass is 10.1. The van der Waals surface area contributed by atoms with Crippen molar-refractivity contribution in [3.05, 3.63) is 23.8 Å². The lowest BCUT2D eigenvalue weighted by molar-refractivity contribution is 0.796. The van der Waals surface area contributed by atoms with E-state index in [4.69, 9.17) is 0 Å². The SMILES string of the molecule is CCCCc1cccc(S)c1[Si](C)(C)C. The maximum atomic E-state index is 4.62. The first-order chi connectivity index (χ1) is 6.96. The Kier molecular flexibility index (Phi) is 4.47. The average Bonchev–Trinajstić information content (AvgIpc) is 2.12. The average molecular weight is 238 g/mol. The van der Waals surface area contributed by atoms with Crippen LogP contribution >= 0.6 is 12.6 Å². The van der Waals surface area contributed by atoms with Crippen LogP contribution in [0.3, 0.4) is 0 Å². The van der Waals surface area contributed by atoms with Gasteiger partial charge in [0.1, 0.15) is 0 Å². The van der Waals surface area contributed by atoms with Gasteiger partial charge in [-0.15, -0.1) is 12.6 Å². The second-order valence-electron chi connectivity index (χ2n) is 5.16. The molecule has 15 heavy (non-hydrogen) atoms. The maximum Gasteiger partial charge on any atom is 0.0794 e. The monoisotopic (exact) mass is 238 g/mol. The van der Waals surface area contributed by atoms with Gasteiger partial charge in [-0.25, -0.2) is 0 Å². The van der Waals surface area contributed by atoms with Crippen LogP contribution in [0.2, 0.25) is 19.6 Å². The number of rotatable bonds is 4. The zero-order valence-corrected chi connectivity index (χ0v) is 12.2. The molecule has 0 aromatic heterocycles. The van der Waals surface area contributed by atoms with Crippen molar-refractivity contribution >= 4 is 25.9 Å². The molecule has 0 saturated carbocycles. The predicted molar refractivity (Wildman–Crippen MR) is 75.3 cm³/mol. The molecule has 0 spiro atoms. The quantitative estimate of drug-likeness (QED) is 0.597. The molecule has 0 aliphatic heterocycles. The Bertz CT molecular complexity index is 326. The van der Waals surface area contributed by atoms with E-state index in [1.54, 1.807) is 5.19 Å². The van der Waals surface area contributed by atoms with Crippen LogP contribution in [0, 0.1) is 0 Å². The van der Waals surface area contributed by atoms with Gasteiger partial charge in [0.25, 0.3) is 0 Å². The summed E-state index contributed by atoms with van der Waals surface area (Å²) in [4.78, 5) is 1.20. The van der Waals surface area contributed by atoms with E-state index in [1.807, 2.05) is 0 Å². The molecule has 0 saturated heterocycles. The third-order valence-corrected chi connectivity index (χ3v) is 5.35. The molecule has 1 aromatic rings. The summed E-state index contributed by atoms with van der Waals surface area (Å²) in [6.45, 7) is 9.45. The highest BCUT2D eigenvalue weighted by atomic mass is 32.1. The van der Waals surface area contributed by atoms with Crippen molar-refractivity contribution in [1.29, 1.82) is 0 Å². The molecule has 0 atom stereocenters. The van der Waals surface area contributed by atoms with Crippen LogP contribution in [0.4, 0.5) is 0 Å². The van der Waals surface area contributed by atoms with E-state index in [0.29, 0.717) is 0 Å². The van der Waals surface area contributed by atoms with Crippen molar-refractivity contribution < 1.29 is 0 Å². The van der Waals surface area contributed by atoms with Gasteiger partial charge in [0.05, 0.1) is 8.07 Å². The van der Waals surface area contributed by atoms with Gasteiger partial charge in [-0.1, -0.05) is 45.1 Å². The molecule has 0 nitrogen and oxygen atoms in total. The maximum absolute atomic E-state index is 4.62. The Morgan fingerprint density at radius 1 is 1.20 bits per heavy atom. The van der Waals surface area contributed by atoms with E-state index in [0.717, 1.165) is 0 Å². The minimum Gasteiger partial charge on any atom is -0.144 e. The van der Waals surface area contributed by atoms with Crippen LogP contribution in [0.5, 0.6) is 0 Å². The normalized spacial score (nSPS) is 11.8. The van der Waals surface area contributed by atoms with Crippen LogP contribution in [0.15, 0.2) is 23.1 Å². The molecule has 1 rings (SSSR count). The van der Waals surface area contributed by atoms with Crippen molar-refractivity contribution in [3.8, 4) is 0 Å². The van der Waals surface area contributed by atoms with Gasteiger partial charge in [-0.3, -0.25) is 0 Å². The molecule has 1 aromatic carbocycles. The number of benzene rings is 1. The molecule has 0 radical (unpaired) electrons. The van der Waals surface area contributed by atoms with Crippen LogP contribution in [0.25, 0.3) is 0 Å². The number of thiol groups is 1. The fourth-order valence-corrected chi connectivity index (χ4v) is 5.29. The van der Waals surface area contributed by atoms with Gasteiger partial charge in [0.2, 0.25) is 0 Å². The highest BCUT2D eigenvalue weighted by molar-refractivity contribution is 7.80. The Morgan fingerprint density at radius 2 is 1.87 bits per heavy atom. The van der Waals surface area contributed by atoms with E-state index < -0.39 is 8.07 Å². The number of aryl methyl sites for hydroxylation is 1. The molecule has 0 heterocycles. The zero-order chi connectivity index (χ0) is 11.5. The van der Waals surface area contributed by atoms with Gasteiger partial charge in [-0.05, 0) is 29.7 Å². The molecule has 0 fully saturated rings. The highest BCUT2D eigenvalue weighted by Crippen LogP contribution is 2.16. The van der Waals surface area contributed by atoms with Gasteiger partial charge in [0, 0.05) is 4.90 Å². The van der Waals surface area contributed by atoms with Crippen LogP contribution in [0.1, 0.15) is 25.3 Å². The Hall–Kier alpha value is -0.213. The van der Waals surface area contributed by atoms with E-state index >= 15 is 0 Å². The third-order valence-electron chi connectivity index (χ3n) is 2.68. The Balaban J connectivity index is 3.09. The fourth-order valence-electron chi connectivity index (χ4n) is 2.03. The molecule has 0 aliphatic carbocycles. The minimum atomic E-state index is -1.25. The van der Waals surface area contributed by atoms with E-state index in [-0.39, 0.29) is 0 Å². The molecule has 0 aliphatic rings. The van der Waals surface area contributed by atoms with E-state index in [9.17, 15) is 0 Å². The summed E-state index contributed by atoms with van der Waals surface area (Å²) in [5.74, 6) is 0. The van der Waals surface area contributed by atoms with Gasteiger partial charge < -0.3 is 0 Å². The summed E-state index contributed by atoms with van der Waals surface area (Å²) in [5.41, 5.74) is 1.53. The summed E-state index contributed by atoms with van der Waals surface area (Å²) in [6, 6.07) is 6.55. The number of hydrogen-bond donors (Lipinski definition) is 1. The zero-order valence-electron chi connectivity index (χ0n) is 10.3. The lowest BCUT2D eigenvalue weighted by Crippen LogP contribution is -2.41. The third kappa shape index (κ3) is 3.39. The van der Waals surface area contributed by atoms with Gasteiger partial charge >= 0.3 is 0 Å². The second-order valence-corrected chi connectivity index (χ2v) is 10.6. The summed E-state index contributed by atoms with van der Waals surface area (Å²) >= 11 is 4.62. The second kappa shape index (κ2) is 5.22. The predicted octanol–water partition coefficient (Wildman–Crippen LogP) is 3.86. The number of unbranched alkanes of at least 4 members (excludes halogenated alkanes) is 1. The summed E-state index contributed by atoms with van der Waals surface area (Å²) in [7, 11) is -1.25. The first-order valence-corrected chi connectivity index (χ1v) is 9.73. The largest absolute Gasteiger partial charge is 0.144 e. The summed E-state index contributed by atoms with van der Waals surface area (Å²) in [6.07, 6.45) is 3.77. The Morgan fingerprint density at radius 3 is 2.40 bits per heavy atom. The van der Waals surface area contributed by atoms with Crippen molar-refractivity contribution in [2.45, 2.75) is 50.7 Å². The number of hydrogen-bond acceptors (Lipinski definition) is 1. The van der Waals surface area contributed by atoms with E-state index in [1.165, 1.54) is 29.7 Å². The van der Waals surface area contributed by atoms with Crippen LogP contribution in [-0.2, 0) is 6.42 Å².